The zero-order valence-corrected chi connectivity index (χ0v) is 7.83. The van der Waals surface area contributed by atoms with Crippen LogP contribution in [-0.2, 0) is 6.54 Å². The van der Waals surface area contributed by atoms with Gasteiger partial charge in [0.1, 0.15) is 0 Å². The zero-order chi connectivity index (χ0) is 10.4. The van der Waals surface area contributed by atoms with Crippen LogP contribution in [0.3, 0.4) is 0 Å². The quantitative estimate of drug-likeness (QED) is 0.381. The van der Waals surface area contributed by atoms with Crippen LogP contribution >= 0.6 is 0 Å². The third-order valence-corrected chi connectivity index (χ3v) is 1.86. The van der Waals surface area contributed by atoms with Gasteiger partial charge in [-0.3, -0.25) is 0 Å². The van der Waals surface area contributed by atoms with Crippen LogP contribution in [0.2, 0.25) is 0 Å². The summed E-state index contributed by atoms with van der Waals surface area (Å²) in [4.78, 5) is 0. The number of para-hydroxylation sites is 1. The first kappa shape index (κ1) is 10.4. The van der Waals surface area contributed by atoms with Crippen LogP contribution in [0.15, 0.2) is 18.2 Å². The predicted molar refractivity (Wildman–Crippen MR) is 54.9 cm³/mol. The average Bonchev–Trinajstić information content (AvgIpc) is 2.19. The number of rotatable bonds is 4. The van der Waals surface area contributed by atoms with Crippen molar-refractivity contribution < 1.29 is 10.2 Å². The Morgan fingerprint density at radius 3 is 2.86 bits per heavy atom. The molecule has 0 aliphatic rings. The normalized spacial score (nSPS) is 9.64. The third kappa shape index (κ3) is 2.68. The highest BCUT2D eigenvalue weighted by Crippen LogP contribution is 2.27. The predicted octanol–water partition coefficient (Wildman–Crippen LogP) is 1.21. The highest BCUT2D eigenvalue weighted by molar-refractivity contribution is 5.44. The van der Waals surface area contributed by atoms with Gasteiger partial charge in [-0.2, -0.15) is 0 Å². The van der Waals surface area contributed by atoms with Crippen LogP contribution in [0.25, 0.3) is 0 Å². The van der Waals surface area contributed by atoms with E-state index in [-0.39, 0.29) is 11.5 Å². The lowest BCUT2D eigenvalue weighted by atomic mass is 10.2. The minimum atomic E-state index is -0.0961. The van der Waals surface area contributed by atoms with Gasteiger partial charge in [0, 0.05) is 25.1 Å². The maximum atomic E-state index is 9.42. The number of nitrogens with one attached hydrogen (secondary N) is 1. The molecular weight excluding hydrogens is 178 g/mol. The van der Waals surface area contributed by atoms with Crippen molar-refractivity contribution in [1.82, 2.24) is 5.32 Å². The van der Waals surface area contributed by atoms with Gasteiger partial charge in [0.25, 0.3) is 0 Å². The molecule has 3 nitrogen and oxygen atoms in total. The molecular formula is C11H13NO2. The molecule has 0 saturated carbocycles. The van der Waals surface area contributed by atoms with E-state index in [0.29, 0.717) is 25.1 Å². The van der Waals surface area contributed by atoms with E-state index >= 15 is 0 Å². The summed E-state index contributed by atoms with van der Waals surface area (Å²) in [5, 5.41) is 21.7. The summed E-state index contributed by atoms with van der Waals surface area (Å²) in [5.74, 6) is 2.34. The second-order valence-corrected chi connectivity index (χ2v) is 2.92. The van der Waals surface area contributed by atoms with E-state index in [9.17, 15) is 10.2 Å². The Morgan fingerprint density at radius 2 is 2.14 bits per heavy atom. The minimum Gasteiger partial charge on any atom is -0.504 e. The SMILES string of the molecule is C#CCCNCc1cccc(O)c1O. The van der Waals surface area contributed by atoms with Crippen molar-refractivity contribution in [2.45, 2.75) is 13.0 Å². The number of hydrogen-bond donors (Lipinski definition) is 3. The van der Waals surface area contributed by atoms with Crippen LogP contribution in [0, 0.1) is 12.3 Å². The number of phenolic OH excluding ortho intramolecular Hbond substituents is 2. The molecule has 0 aliphatic heterocycles. The number of hydrogen-bond acceptors (Lipinski definition) is 3. The van der Waals surface area contributed by atoms with Gasteiger partial charge in [0.15, 0.2) is 11.5 Å². The smallest absolute Gasteiger partial charge is 0.161 e. The van der Waals surface area contributed by atoms with Gasteiger partial charge in [-0.25, -0.2) is 0 Å². The van der Waals surface area contributed by atoms with Gasteiger partial charge in [-0.15, -0.1) is 12.3 Å². The van der Waals surface area contributed by atoms with E-state index in [1.54, 1.807) is 12.1 Å². The summed E-state index contributed by atoms with van der Waals surface area (Å²) in [5.41, 5.74) is 0.669. The lowest BCUT2D eigenvalue weighted by Crippen LogP contribution is -2.14. The fraction of sp³-hybridized carbons (Fsp3) is 0.273. The van der Waals surface area contributed by atoms with E-state index in [4.69, 9.17) is 6.42 Å². The van der Waals surface area contributed by atoms with Crippen LogP contribution < -0.4 is 5.32 Å². The molecule has 1 rings (SSSR count). The first-order chi connectivity index (χ1) is 6.75. The molecule has 0 spiro atoms. The Balaban J connectivity index is 2.51. The molecule has 0 aliphatic carbocycles. The number of terminal acetylenes is 1. The molecule has 14 heavy (non-hydrogen) atoms. The minimum absolute atomic E-state index is 0.0688. The van der Waals surface area contributed by atoms with Crippen LogP contribution in [0.4, 0.5) is 0 Å². The Bertz CT molecular complexity index is 342. The van der Waals surface area contributed by atoms with Gasteiger partial charge in [0.05, 0.1) is 0 Å². The van der Waals surface area contributed by atoms with Crippen molar-refractivity contribution in [1.29, 1.82) is 0 Å². The van der Waals surface area contributed by atoms with Crippen LogP contribution in [0.5, 0.6) is 11.5 Å². The molecule has 0 bridgehead atoms. The molecule has 74 valence electrons. The van der Waals surface area contributed by atoms with Crippen LogP contribution in [0.1, 0.15) is 12.0 Å². The van der Waals surface area contributed by atoms with Crippen molar-refractivity contribution >= 4 is 0 Å². The monoisotopic (exact) mass is 191 g/mol. The molecule has 0 unspecified atom stereocenters. The molecule has 0 radical (unpaired) electrons. The number of benzene rings is 1. The van der Waals surface area contributed by atoms with Crippen molar-refractivity contribution in [3.8, 4) is 23.8 Å². The van der Waals surface area contributed by atoms with Crippen molar-refractivity contribution in [2.24, 2.45) is 0 Å². The summed E-state index contributed by atoms with van der Waals surface area (Å²) in [6.45, 7) is 1.20. The van der Waals surface area contributed by atoms with Crippen molar-refractivity contribution in [3.05, 3.63) is 23.8 Å². The summed E-state index contributed by atoms with van der Waals surface area (Å²) in [6.07, 6.45) is 5.73. The highest BCUT2D eigenvalue weighted by Gasteiger charge is 2.03. The third-order valence-electron chi connectivity index (χ3n) is 1.86. The molecule has 1 aromatic rings. The Labute approximate surface area is 83.4 Å². The second-order valence-electron chi connectivity index (χ2n) is 2.92. The Morgan fingerprint density at radius 1 is 1.36 bits per heavy atom. The topological polar surface area (TPSA) is 52.5 Å². The summed E-state index contributed by atoms with van der Waals surface area (Å²) in [6, 6.07) is 4.88. The van der Waals surface area contributed by atoms with Gasteiger partial charge in [-0.05, 0) is 6.07 Å². The van der Waals surface area contributed by atoms with Crippen LogP contribution in [-0.4, -0.2) is 16.8 Å². The maximum absolute atomic E-state index is 9.42. The molecule has 3 heteroatoms. The molecule has 0 amide bonds. The molecule has 0 atom stereocenters. The van der Waals surface area contributed by atoms with E-state index in [1.165, 1.54) is 6.07 Å². The second kappa shape index (κ2) is 5.15. The lowest BCUT2D eigenvalue weighted by Gasteiger charge is -2.06. The molecule has 0 saturated heterocycles. The van der Waals surface area contributed by atoms with Gasteiger partial charge < -0.3 is 15.5 Å². The molecule has 0 fully saturated rings. The highest BCUT2D eigenvalue weighted by atomic mass is 16.3. The molecule has 0 heterocycles. The fourth-order valence-electron chi connectivity index (χ4n) is 1.10. The van der Waals surface area contributed by atoms with E-state index in [0.717, 1.165) is 0 Å². The first-order valence-electron chi connectivity index (χ1n) is 4.39. The Kier molecular flexibility index (Phi) is 3.84. The standard InChI is InChI=1S/C11H13NO2/c1-2-3-7-12-8-9-5-4-6-10(13)11(9)14/h1,4-6,12-14H,3,7-8H2. The molecule has 0 aromatic heterocycles. The lowest BCUT2D eigenvalue weighted by molar-refractivity contribution is 0.398. The fourth-order valence-corrected chi connectivity index (χ4v) is 1.10. The molecule has 3 N–H and O–H groups in total. The van der Waals surface area contributed by atoms with Crippen molar-refractivity contribution in [3.63, 3.8) is 0 Å². The van der Waals surface area contributed by atoms with Gasteiger partial charge in [-0.1, -0.05) is 12.1 Å². The number of aromatic hydroxyl groups is 2. The molecule has 1 aromatic carbocycles. The van der Waals surface area contributed by atoms with E-state index in [2.05, 4.69) is 11.2 Å². The average molecular weight is 191 g/mol. The first-order valence-corrected chi connectivity index (χ1v) is 4.39. The number of phenols is 2. The summed E-state index contributed by atoms with van der Waals surface area (Å²) >= 11 is 0. The zero-order valence-electron chi connectivity index (χ0n) is 7.83. The van der Waals surface area contributed by atoms with E-state index < -0.39 is 0 Å². The van der Waals surface area contributed by atoms with Gasteiger partial charge >= 0.3 is 0 Å². The maximum Gasteiger partial charge on any atom is 0.161 e. The van der Waals surface area contributed by atoms with Gasteiger partial charge in [0.2, 0.25) is 0 Å². The van der Waals surface area contributed by atoms with E-state index in [1.807, 2.05) is 0 Å². The summed E-state index contributed by atoms with van der Waals surface area (Å²) in [7, 11) is 0. The largest absolute Gasteiger partial charge is 0.504 e. The Hall–Kier alpha value is -1.66. The summed E-state index contributed by atoms with van der Waals surface area (Å²) < 4.78 is 0. The van der Waals surface area contributed by atoms with Crippen molar-refractivity contribution in [2.75, 3.05) is 6.54 Å².